The number of carbonyl (C=O) groups excluding carboxylic acids is 1. The molecule has 37 heavy (non-hydrogen) atoms. The monoisotopic (exact) mass is 543 g/mol. The third kappa shape index (κ3) is 6.83. The van der Waals surface area contributed by atoms with Crippen molar-refractivity contribution >= 4 is 39.1 Å². The molecule has 0 saturated carbocycles. The number of hydrogen-bond acceptors (Lipinski definition) is 9. The molecule has 4 rings (SSSR count). The zero-order valence-electron chi connectivity index (χ0n) is 20.3. The molecule has 11 nitrogen and oxygen atoms in total. The fourth-order valence-electron chi connectivity index (χ4n) is 3.43. The van der Waals surface area contributed by atoms with Gasteiger partial charge in [0.1, 0.15) is 17.3 Å². The van der Waals surface area contributed by atoms with Gasteiger partial charge in [-0.2, -0.15) is 0 Å². The van der Waals surface area contributed by atoms with Crippen LogP contribution in [0, 0.1) is 0 Å². The molecule has 0 aliphatic carbocycles. The van der Waals surface area contributed by atoms with Crippen molar-refractivity contribution in [2.24, 2.45) is 0 Å². The van der Waals surface area contributed by atoms with E-state index < -0.39 is 10.0 Å². The fraction of sp³-hybridized carbons (Fsp3) is 0.208. The lowest BCUT2D eigenvalue weighted by Gasteiger charge is -2.12. The number of anilines is 2. The summed E-state index contributed by atoms with van der Waals surface area (Å²) >= 11 is 1.22. The van der Waals surface area contributed by atoms with E-state index in [2.05, 4.69) is 20.2 Å². The molecule has 0 atom stereocenters. The number of carbonyl (C=O) groups is 1. The number of benzene rings is 2. The van der Waals surface area contributed by atoms with E-state index in [4.69, 9.17) is 13.9 Å². The van der Waals surface area contributed by atoms with Crippen molar-refractivity contribution in [3.63, 3.8) is 0 Å². The Balaban J connectivity index is 1.53. The maximum absolute atomic E-state index is 12.7. The van der Waals surface area contributed by atoms with Crippen molar-refractivity contribution in [2.75, 3.05) is 36.3 Å². The molecular formula is C24H25N5O6S2. The Morgan fingerprint density at radius 3 is 2.51 bits per heavy atom. The minimum Gasteiger partial charge on any atom is -0.497 e. The van der Waals surface area contributed by atoms with Gasteiger partial charge < -0.3 is 19.2 Å². The second kappa shape index (κ2) is 11.4. The maximum Gasteiger partial charge on any atom is 0.234 e. The fourth-order valence-corrected chi connectivity index (χ4v) is 4.73. The lowest BCUT2D eigenvalue weighted by Crippen LogP contribution is -2.15. The average Bonchev–Trinajstić information content (AvgIpc) is 3.53. The molecule has 4 aromatic rings. The van der Waals surface area contributed by atoms with Crippen LogP contribution in [0.5, 0.6) is 11.5 Å². The maximum atomic E-state index is 12.7. The van der Waals surface area contributed by atoms with Gasteiger partial charge in [0.15, 0.2) is 11.0 Å². The van der Waals surface area contributed by atoms with Crippen molar-refractivity contribution in [3.05, 3.63) is 66.6 Å². The molecule has 2 heterocycles. The number of amides is 1. The highest BCUT2D eigenvalue weighted by Gasteiger charge is 2.18. The van der Waals surface area contributed by atoms with Crippen molar-refractivity contribution in [3.8, 4) is 22.9 Å². The number of thioether (sulfide) groups is 1. The van der Waals surface area contributed by atoms with Crippen LogP contribution in [0.4, 0.5) is 11.4 Å². The van der Waals surface area contributed by atoms with E-state index in [1.54, 1.807) is 61.9 Å². The predicted octanol–water partition coefficient (Wildman–Crippen LogP) is 3.71. The molecule has 2 aromatic carbocycles. The minimum absolute atomic E-state index is 0.0721. The molecule has 0 fully saturated rings. The minimum atomic E-state index is -3.39. The Morgan fingerprint density at radius 1 is 1.08 bits per heavy atom. The smallest absolute Gasteiger partial charge is 0.234 e. The highest BCUT2D eigenvalue weighted by Crippen LogP contribution is 2.30. The van der Waals surface area contributed by atoms with Gasteiger partial charge in [0.05, 0.1) is 44.7 Å². The van der Waals surface area contributed by atoms with E-state index >= 15 is 0 Å². The van der Waals surface area contributed by atoms with E-state index in [1.165, 1.54) is 18.9 Å². The zero-order chi connectivity index (χ0) is 26.4. The van der Waals surface area contributed by atoms with Crippen LogP contribution in [0.3, 0.4) is 0 Å². The Labute approximate surface area is 218 Å². The Bertz CT molecular complexity index is 1470. The summed E-state index contributed by atoms with van der Waals surface area (Å²) in [5, 5.41) is 12.0. The van der Waals surface area contributed by atoms with Crippen molar-refractivity contribution in [2.45, 2.75) is 11.7 Å². The highest BCUT2D eigenvalue weighted by atomic mass is 32.2. The van der Waals surface area contributed by atoms with E-state index in [1.807, 2.05) is 10.6 Å². The van der Waals surface area contributed by atoms with Gasteiger partial charge in [-0.3, -0.25) is 14.1 Å². The summed E-state index contributed by atoms with van der Waals surface area (Å²) in [6, 6.07) is 15.5. The second-order valence-corrected chi connectivity index (χ2v) is 10.5. The third-order valence-electron chi connectivity index (χ3n) is 5.07. The second-order valence-electron chi connectivity index (χ2n) is 7.83. The molecule has 2 aromatic heterocycles. The molecule has 0 unspecified atom stereocenters. The molecule has 0 spiro atoms. The summed E-state index contributed by atoms with van der Waals surface area (Å²) in [4.78, 5) is 12.7. The van der Waals surface area contributed by atoms with Gasteiger partial charge in [0, 0.05) is 17.3 Å². The molecule has 0 radical (unpaired) electrons. The zero-order valence-corrected chi connectivity index (χ0v) is 21.9. The number of sulfonamides is 1. The van der Waals surface area contributed by atoms with Crippen LogP contribution in [0.25, 0.3) is 11.4 Å². The van der Waals surface area contributed by atoms with Gasteiger partial charge >= 0.3 is 0 Å². The number of ether oxygens (including phenoxy) is 2. The van der Waals surface area contributed by atoms with Crippen molar-refractivity contribution in [1.29, 1.82) is 0 Å². The highest BCUT2D eigenvalue weighted by molar-refractivity contribution is 7.99. The molecule has 0 aliphatic rings. The Hall–Kier alpha value is -3.97. The van der Waals surface area contributed by atoms with Crippen LogP contribution in [-0.2, 0) is 21.4 Å². The van der Waals surface area contributed by atoms with E-state index in [9.17, 15) is 13.2 Å². The van der Waals surface area contributed by atoms with Gasteiger partial charge in [-0.15, -0.1) is 10.2 Å². The Kier molecular flexibility index (Phi) is 8.04. The summed E-state index contributed by atoms with van der Waals surface area (Å²) < 4.78 is 43.3. The van der Waals surface area contributed by atoms with Gasteiger partial charge in [-0.05, 0) is 48.5 Å². The van der Waals surface area contributed by atoms with Crippen molar-refractivity contribution < 1.29 is 27.1 Å². The third-order valence-corrected chi connectivity index (χ3v) is 6.65. The first-order valence-electron chi connectivity index (χ1n) is 10.9. The number of aromatic nitrogens is 3. The molecule has 1 amide bonds. The molecule has 194 valence electrons. The average molecular weight is 544 g/mol. The normalized spacial score (nSPS) is 11.2. The van der Waals surface area contributed by atoms with Crippen LogP contribution in [-0.4, -0.2) is 55.3 Å². The summed E-state index contributed by atoms with van der Waals surface area (Å²) in [5.41, 5.74) is 1.68. The van der Waals surface area contributed by atoms with Crippen LogP contribution in [0.2, 0.25) is 0 Å². The molecular weight excluding hydrogens is 518 g/mol. The van der Waals surface area contributed by atoms with Crippen LogP contribution >= 0.6 is 11.8 Å². The number of methoxy groups -OCH3 is 2. The summed E-state index contributed by atoms with van der Waals surface area (Å²) in [5.74, 6) is 2.15. The van der Waals surface area contributed by atoms with Gasteiger partial charge in [-0.1, -0.05) is 11.8 Å². The van der Waals surface area contributed by atoms with Crippen LogP contribution < -0.4 is 19.5 Å². The quantitative estimate of drug-likeness (QED) is 0.271. The molecule has 0 bridgehead atoms. The first-order valence-corrected chi connectivity index (χ1v) is 13.8. The summed E-state index contributed by atoms with van der Waals surface area (Å²) in [6.07, 6.45) is 2.67. The number of furan rings is 1. The van der Waals surface area contributed by atoms with Gasteiger partial charge in [-0.25, -0.2) is 8.42 Å². The van der Waals surface area contributed by atoms with Crippen LogP contribution in [0.15, 0.2) is 70.4 Å². The van der Waals surface area contributed by atoms with Gasteiger partial charge in [0.25, 0.3) is 0 Å². The first-order chi connectivity index (χ1) is 17.8. The number of rotatable bonds is 11. The number of nitrogens with zero attached hydrogens (tertiary/aromatic N) is 3. The molecule has 2 N–H and O–H groups in total. The first kappa shape index (κ1) is 26.1. The molecule has 0 saturated heterocycles. The summed E-state index contributed by atoms with van der Waals surface area (Å²) in [6.45, 7) is 0.342. The number of nitrogens with one attached hydrogen (secondary N) is 2. The topological polar surface area (TPSA) is 138 Å². The van der Waals surface area contributed by atoms with Crippen LogP contribution in [0.1, 0.15) is 5.76 Å². The lowest BCUT2D eigenvalue weighted by molar-refractivity contribution is -0.113. The number of hydrogen-bond donors (Lipinski definition) is 2. The van der Waals surface area contributed by atoms with Crippen molar-refractivity contribution in [1.82, 2.24) is 14.8 Å². The largest absolute Gasteiger partial charge is 0.497 e. The molecule has 0 aliphatic heterocycles. The standard InChI is InChI=1S/C24H25N5O6S2/c1-33-18-10-11-20(21(13-18)34-2)25-22(30)15-36-24-27-26-23(29(24)14-19-5-4-12-35-19)16-6-8-17(9-7-16)28-37(3,31)32/h4-13,28H,14-15H2,1-3H3,(H,25,30). The molecule has 13 heteroatoms. The van der Waals surface area contributed by atoms with E-state index in [0.717, 1.165) is 11.8 Å². The van der Waals surface area contributed by atoms with Gasteiger partial charge in [0.2, 0.25) is 15.9 Å². The SMILES string of the molecule is COc1ccc(NC(=O)CSc2nnc(-c3ccc(NS(C)(=O)=O)cc3)n2Cc2ccco2)c(OC)c1. The Morgan fingerprint density at radius 2 is 1.86 bits per heavy atom. The lowest BCUT2D eigenvalue weighted by atomic mass is 10.2. The van der Waals surface area contributed by atoms with E-state index in [-0.39, 0.29) is 11.7 Å². The predicted molar refractivity (Wildman–Crippen MR) is 141 cm³/mol. The van der Waals surface area contributed by atoms with E-state index in [0.29, 0.717) is 46.2 Å². The summed E-state index contributed by atoms with van der Waals surface area (Å²) in [7, 11) is -0.321.